The van der Waals surface area contributed by atoms with Crippen LogP contribution in [0, 0.1) is 16.0 Å². The first-order valence-electron chi connectivity index (χ1n) is 4.60. The van der Waals surface area contributed by atoms with Crippen LogP contribution >= 0.6 is 15.9 Å². The van der Waals surface area contributed by atoms with Gasteiger partial charge >= 0.3 is 5.82 Å². The van der Waals surface area contributed by atoms with Gasteiger partial charge in [-0.2, -0.15) is 0 Å². The van der Waals surface area contributed by atoms with Gasteiger partial charge in [-0.25, -0.2) is 0 Å². The number of halogens is 1. The quantitative estimate of drug-likeness (QED) is 0.480. The van der Waals surface area contributed by atoms with E-state index in [0.717, 1.165) is 12.8 Å². The van der Waals surface area contributed by atoms with E-state index in [9.17, 15) is 10.1 Å². The lowest BCUT2D eigenvalue weighted by atomic mass is 10.4. The first-order chi connectivity index (χ1) is 7.16. The number of rotatable bonds is 4. The molecular formula is C9H9BrN2O3. The third-order valence-electron chi connectivity index (χ3n) is 2.15. The second kappa shape index (κ2) is 4.14. The lowest BCUT2D eigenvalue weighted by molar-refractivity contribution is -0.390. The van der Waals surface area contributed by atoms with Crippen LogP contribution in [0.2, 0.25) is 0 Å². The molecule has 1 heterocycles. The van der Waals surface area contributed by atoms with E-state index >= 15 is 0 Å². The van der Waals surface area contributed by atoms with Crippen LogP contribution in [0.1, 0.15) is 12.8 Å². The third kappa shape index (κ3) is 2.65. The van der Waals surface area contributed by atoms with Crippen molar-refractivity contribution in [3.8, 4) is 5.75 Å². The van der Waals surface area contributed by atoms with Crippen LogP contribution < -0.4 is 4.74 Å². The van der Waals surface area contributed by atoms with Crippen molar-refractivity contribution in [2.24, 2.45) is 5.92 Å². The van der Waals surface area contributed by atoms with Crippen molar-refractivity contribution < 1.29 is 9.66 Å². The molecule has 0 amide bonds. The van der Waals surface area contributed by atoms with Crippen LogP contribution in [-0.4, -0.2) is 16.5 Å². The van der Waals surface area contributed by atoms with Crippen molar-refractivity contribution in [2.75, 3.05) is 6.61 Å². The van der Waals surface area contributed by atoms with Gasteiger partial charge in [0.05, 0.1) is 6.61 Å². The first-order valence-corrected chi connectivity index (χ1v) is 5.40. The minimum absolute atomic E-state index is 0.231. The lowest BCUT2D eigenvalue weighted by Gasteiger charge is -2.04. The molecule has 0 aliphatic heterocycles. The molecule has 1 saturated carbocycles. The standard InChI is InChI=1S/C9H9BrN2O3/c10-8-4-3-7(9(11-8)12(13)14)15-5-6-1-2-6/h3-4,6H,1-2,5H2. The summed E-state index contributed by atoms with van der Waals surface area (Å²) in [5.41, 5.74) is 0. The van der Waals surface area contributed by atoms with Crippen molar-refractivity contribution in [1.29, 1.82) is 0 Å². The second-order valence-electron chi connectivity index (χ2n) is 3.47. The fourth-order valence-electron chi connectivity index (χ4n) is 1.15. The highest BCUT2D eigenvalue weighted by atomic mass is 79.9. The SMILES string of the molecule is O=[N+]([O-])c1nc(Br)ccc1OCC1CC1. The van der Waals surface area contributed by atoms with Crippen LogP contribution in [0.5, 0.6) is 5.75 Å². The first kappa shape index (κ1) is 10.4. The van der Waals surface area contributed by atoms with Gasteiger partial charge in [0.15, 0.2) is 0 Å². The van der Waals surface area contributed by atoms with Gasteiger partial charge in [0.2, 0.25) is 10.4 Å². The molecule has 1 aromatic rings. The Morgan fingerprint density at radius 2 is 2.33 bits per heavy atom. The molecule has 0 bridgehead atoms. The average Bonchev–Trinajstić information content (AvgIpc) is 2.99. The zero-order valence-corrected chi connectivity index (χ0v) is 9.44. The summed E-state index contributed by atoms with van der Waals surface area (Å²) >= 11 is 3.09. The van der Waals surface area contributed by atoms with Crippen LogP contribution in [0.25, 0.3) is 0 Å². The molecule has 1 fully saturated rings. The number of hydrogen-bond acceptors (Lipinski definition) is 4. The molecule has 0 N–H and O–H groups in total. The Morgan fingerprint density at radius 3 is 2.93 bits per heavy atom. The molecule has 0 aromatic carbocycles. The summed E-state index contributed by atoms with van der Waals surface area (Å²) < 4.78 is 5.79. The molecule has 5 nitrogen and oxygen atoms in total. The number of ether oxygens (including phenoxy) is 1. The molecule has 0 saturated heterocycles. The maximum atomic E-state index is 10.7. The smallest absolute Gasteiger partial charge is 0.407 e. The molecule has 80 valence electrons. The molecule has 15 heavy (non-hydrogen) atoms. The molecule has 0 unspecified atom stereocenters. The largest absolute Gasteiger partial charge is 0.485 e. The zero-order chi connectivity index (χ0) is 10.8. The monoisotopic (exact) mass is 272 g/mol. The average molecular weight is 273 g/mol. The van der Waals surface area contributed by atoms with Crippen molar-refractivity contribution in [3.05, 3.63) is 26.9 Å². The number of hydrogen-bond donors (Lipinski definition) is 0. The fourth-order valence-corrected chi connectivity index (χ4v) is 1.45. The van der Waals surface area contributed by atoms with E-state index < -0.39 is 4.92 Å². The molecule has 2 rings (SSSR count). The van der Waals surface area contributed by atoms with Gasteiger partial charge in [-0.15, -0.1) is 0 Å². The molecule has 6 heteroatoms. The number of aromatic nitrogens is 1. The van der Waals surface area contributed by atoms with Gasteiger partial charge in [0, 0.05) is 22.0 Å². The van der Waals surface area contributed by atoms with Crippen LogP contribution in [0.3, 0.4) is 0 Å². The van der Waals surface area contributed by atoms with E-state index in [4.69, 9.17) is 4.74 Å². The molecule has 1 aliphatic rings. The molecule has 0 spiro atoms. The highest BCUT2D eigenvalue weighted by Crippen LogP contribution is 2.32. The van der Waals surface area contributed by atoms with Crippen LogP contribution in [0.15, 0.2) is 16.7 Å². The van der Waals surface area contributed by atoms with Gasteiger partial charge in [-0.05, 0) is 34.7 Å². The highest BCUT2D eigenvalue weighted by Gasteiger charge is 2.24. The van der Waals surface area contributed by atoms with Crippen molar-refractivity contribution in [3.63, 3.8) is 0 Å². The second-order valence-corrected chi connectivity index (χ2v) is 4.28. The molecule has 0 atom stereocenters. The fraction of sp³-hybridized carbons (Fsp3) is 0.444. The Bertz CT molecular complexity index is 393. The summed E-state index contributed by atoms with van der Waals surface area (Å²) in [5, 5.41) is 10.7. The van der Waals surface area contributed by atoms with Gasteiger partial charge in [0.25, 0.3) is 0 Å². The van der Waals surface area contributed by atoms with Gasteiger partial charge in [-0.1, -0.05) is 0 Å². The number of nitrogens with zero attached hydrogens (tertiary/aromatic N) is 2. The lowest BCUT2D eigenvalue weighted by Crippen LogP contribution is -2.03. The molecule has 1 aromatic heterocycles. The molecule has 1 aliphatic carbocycles. The Labute approximate surface area is 94.7 Å². The highest BCUT2D eigenvalue weighted by molar-refractivity contribution is 9.10. The zero-order valence-electron chi connectivity index (χ0n) is 7.85. The van der Waals surface area contributed by atoms with E-state index in [1.165, 1.54) is 0 Å². The van der Waals surface area contributed by atoms with Crippen molar-refractivity contribution in [2.45, 2.75) is 12.8 Å². The van der Waals surface area contributed by atoms with Crippen molar-refractivity contribution >= 4 is 21.7 Å². The molecule has 0 radical (unpaired) electrons. The maximum Gasteiger partial charge on any atom is 0.407 e. The minimum Gasteiger partial charge on any atom is -0.485 e. The number of nitro groups is 1. The van der Waals surface area contributed by atoms with E-state index in [0.29, 0.717) is 17.1 Å². The van der Waals surface area contributed by atoms with E-state index in [2.05, 4.69) is 20.9 Å². The predicted octanol–water partition coefficient (Wildman–Crippen LogP) is 2.54. The summed E-state index contributed by atoms with van der Waals surface area (Å²) in [6, 6.07) is 3.20. The van der Waals surface area contributed by atoms with Crippen LogP contribution in [0.4, 0.5) is 5.82 Å². The van der Waals surface area contributed by atoms with E-state index in [-0.39, 0.29) is 11.6 Å². The summed E-state index contributed by atoms with van der Waals surface area (Å²) in [6.07, 6.45) is 2.30. The van der Waals surface area contributed by atoms with E-state index in [1.54, 1.807) is 12.1 Å². The normalized spacial score (nSPS) is 15.0. The summed E-state index contributed by atoms with van der Waals surface area (Å²) in [6.45, 7) is 0.546. The predicted molar refractivity (Wildman–Crippen MR) is 56.8 cm³/mol. The summed E-state index contributed by atoms with van der Waals surface area (Å²) in [4.78, 5) is 13.9. The molecular weight excluding hydrogens is 264 g/mol. The topological polar surface area (TPSA) is 65.3 Å². The van der Waals surface area contributed by atoms with E-state index in [1.807, 2.05) is 0 Å². The Kier molecular flexibility index (Phi) is 2.86. The Balaban J connectivity index is 2.15. The Hall–Kier alpha value is -1.17. The number of pyridine rings is 1. The van der Waals surface area contributed by atoms with Gasteiger partial charge < -0.3 is 14.9 Å². The van der Waals surface area contributed by atoms with Gasteiger partial charge in [0.1, 0.15) is 0 Å². The third-order valence-corrected chi connectivity index (χ3v) is 2.59. The van der Waals surface area contributed by atoms with Crippen LogP contribution in [-0.2, 0) is 0 Å². The minimum atomic E-state index is -0.535. The maximum absolute atomic E-state index is 10.7. The van der Waals surface area contributed by atoms with Gasteiger partial charge in [-0.3, -0.25) is 0 Å². The Morgan fingerprint density at radius 1 is 1.60 bits per heavy atom. The summed E-state index contributed by atoms with van der Waals surface area (Å²) in [7, 11) is 0. The summed E-state index contributed by atoms with van der Waals surface area (Å²) in [5.74, 6) is 0.577. The van der Waals surface area contributed by atoms with Crippen molar-refractivity contribution in [1.82, 2.24) is 4.98 Å².